The molecular weight excluding hydrogens is 242 g/mol. The maximum atomic E-state index is 11.7. The Bertz CT molecular complexity index is 487. The minimum absolute atomic E-state index is 0.252. The van der Waals surface area contributed by atoms with Gasteiger partial charge in [-0.2, -0.15) is 0 Å². The van der Waals surface area contributed by atoms with Gasteiger partial charge in [0.15, 0.2) is 0 Å². The zero-order chi connectivity index (χ0) is 12.6. The molecule has 0 spiro atoms. The molecule has 2 rings (SSSR count). The van der Waals surface area contributed by atoms with Crippen molar-refractivity contribution in [2.24, 2.45) is 11.8 Å². The van der Waals surface area contributed by atoms with Gasteiger partial charge in [-0.1, -0.05) is 17.7 Å². The zero-order valence-electron chi connectivity index (χ0n) is 9.24. The van der Waals surface area contributed by atoms with Crippen LogP contribution in [0.25, 0.3) is 0 Å². The summed E-state index contributed by atoms with van der Waals surface area (Å²) >= 11 is 5.93. The quantitative estimate of drug-likeness (QED) is 0.869. The van der Waals surface area contributed by atoms with Gasteiger partial charge in [0.05, 0.1) is 11.8 Å². The second-order valence-electron chi connectivity index (χ2n) is 4.24. The Morgan fingerprint density at radius 2 is 2.12 bits per heavy atom. The van der Waals surface area contributed by atoms with Crippen LogP contribution in [0.15, 0.2) is 18.2 Å². The van der Waals surface area contributed by atoms with Gasteiger partial charge in [0.2, 0.25) is 5.91 Å². The number of carboxylic acid groups (broad SMARTS) is 1. The lowest BCUT2D eigenvalue weighted by atomic mass is 10.2. The van der Waals surface area contributed by atoms with Gasteiger partial charge < -0.3 is 10.4 Å². The Hall–Kier alpha value is -1.55. The molecule has 0 unspecified atom stereocenters. The molecule has 17 heavy (non-hydrogen) atoms. The second-order valence-corrected chi connectivity index (χ2v) is 4.65. The smallest absolute Gasteiger partial charge is 0.307 e. The summed E-state index contributed by atoms with van der Waals surface area (Å²) in [6.45, 7) is 1.87. The SMILES string of the molecule is Cc1ccc(NC(=O)[C@@H]2C[C@@H]2C(=O)O)cc1Cl. The fourth-order valence-electron chi connectivity index (χ4n) is 1.66. The van der Waals surface area contributed by atoms with E-state index in [1.807, 2.05) is 6.92 Å². The molecule has 90 valence electrons. The average Bonchev–Trinajstić information content (AvgIpc) is 3.03. The van der Waals surface area contributed by atoms with E-state index in [0.29, 0.717) is 17.1 Å². The summed E-state index contributed by atoms with van der Waals surface area (Å²) in [5.41, 5.74) is 1.53. The molecule has 4 nitrogen and oxygen atoms in total. The number of anilines is 1. The lowest BCUT2D eigenvalue weighted by Gasteiger charge is -2.06. The molecule has 2 atom stereocenters. The predicted molar refractivity (Wildman–Crippen MR) is 64.1 cm³/mol. The highest BCUT2D eigenvalue weighted by atomic mass is 35.5. The molecule has 2 N–H and O–H groups in total. The number of nitrogens with one attached hydrogen (secondary N) is 1. The monoisotopic (exact) mass is 253 g/mol. The van der Waals surface area contributed by atoms with Crippen molar-refractivity contribution in [3.8, 4) is 0 Å². The number of hydrogen-bond donors (Lipinski definition) is 2. The molecule has 0 aromatic heterocycles. The molecule has 0 heterocycles. The lowest BCUT2D eigenvalue weighted by Crippen LogP contribution is -2.16. The van der Waals surface area contributed by atoms with E-state index in [1.54, 1.807) is 18.2 Å². The van der Waals surface area contributed by atoms with Crippen LogP contribution in [0.1, 0.15) is 12.0 Å². The van der Waals surface area contributed by atoms with Gasteiger partial charge in [0.25, 0.3) is 0 Å². The summed E-state index contributed by atoms with van der Waals surface area (Å²) in [7, 11) is 0. The number of benzene rings is 1. The molecule has 0 radical (unpaired) electrons. The third kappa shape index (κ3) is 2.58. The van der Waals surface area contributed by atoms with Gasteiger partial charge >= 0.3 is 5.97 Å². The summed E-state index contributed by atoms with van der Waals surface area (Å²) in [4.78, 5) is 22.3. The molecule has 1 aliphatic rings. The predicted octanol–water partition coefficient (Wildman–Crippen LogP) is 2.31. The fraction of sp³-hybridized carbons (Fsp3) is 0.333. The number of carboxylic acids is 1. The molecule has 0 saturated heterocycles. The van der Waals surface area contributed by atoms with Crippen LogP contribution in [-0.4, -0.2) is 17.0 Å². The summed E-state index contributed by atoms with van der Waals surface area (Å²) in [6.07, 6.45) is 0.417. The highest BCUT2D eigenvalue weighted by Gasteiger charge is 2.48. The van der Waals surface area contributed by atoms with Gasteiger partial charge in [-0.25, -0.2) is 0 Å². The van der Waals surface area contributed by atoms with E-state index in [0.717, 1.165) is 5.56 Å². The molecule has 1 aromatic rings. The maximum Gasteiger partial charge on any atom is 0.307 e. The first-order valence-corrected chi connectivity index (χ1v) is 5.66. The van der Waals surface area contributed by atoms with E-state index in [4.69, 9.17) is 16.7 Å². The molecule has 0 bridgehead atoms. The van der Waals surface area contributed by atoms with E-state index in [-0.39, 0.29) is 5.91 Å². The largest absolute Gasteiger partial charge is 0.481 e. The van der Waals surface area contributed by atoms with Gasteiger partial charge in [-0.3, -0.25) is 9.59 Å². The van der Waals surface area contributed by atoms with Gasteiger partial charge in [-0.15, -0.1) is 0 Å². The number of aryl methyl sites for hydroxylation is 1. The van der Waals surface area contributed by atoms with Crippen LogP contribution in [0, 0.1) is 18.8 Å². The Balaban J connectivity index is 2.00. The first-order valence-electron chi connectivity index (χ1n) is 5.29. The Labute approximate surface area is 104 Å². The van der Waals surface area contributed by atoms with E-state index in [9.17, 15) is 9.59 Å². The van der Waals surface area contributed by atoms with Gasteiger partial charge in [0.1, 0.15) is 0 Å². The minimum atomic E-state index is -0.910. The Morgan fingerprint density at radius 3 is 2.65 bits per heavy atom. The fourth-order valence-corrected chi connectivity index (χ4v) is 1.84. The van der Waals surface area contributed by atoms with Gasteiger partial charge in [-0.05, 0) is 31.0 Å². The van der Waals surface area contributed by atoms with Crippen LogP contribution in [0.3, 0.4) is 0 Å². The number of amides is 1. The molecule has 0 aliphatic heterocycles. The first kappa shape index (κ1) is 11.9. The van der Waals surface area contributed by atoms with E-state index < -0.39 is 17.8 Å². The van der Waals surface area contributed by atoms with Crippen LogP contribution in [-0.2, 0) is 9.59 Å². The highest BCUT2D eigenvalue weighted by Crippen LogP contribution is 2.39. The first-order chi connectivity index (χ1) is 7.99. The molecule has 1 fully saturated rings. The number of aliphatic carboxylic acids is 1. The normalized spacial score (nSPS) is 22.0. The summed E-state index contributed by atoms with van der Waals surface area (Å²) in [5, 5.41) is 12.0. The van der Waals surface area contributed by atoms with Crippen molar-refractivity contribution in [3.05, 3.63) is 28.8 Å². The van der Waals surface area contributed by atoms with Crippen molar-refractivity contribution >= 4 is 29.2 Å². The number of carbonyl (C=O) groups is 2. The maximum absolute atomic E-state index is 11.7. The zero-order valence-corrected chi connectivity index (χ0v) is 9.99. The second kappa shape index (κ2) is 4.37. The molecule has 1 saturated carbocycles. The molecule has 1 aromatic carbocycles. The summed E-state index contributed by atoms with van der Waals surface area (Å²) in [5.74, 6) is -2.10. The van der Waals surface area contributed by atoms with E-state index >= 15 is 0 Å². The standard InChI is InChI=1S/C12H12ClNO3/c1-6-2-3-7(4-10(6)13)14-11(15)8-5-9(8)12(16)17/h2-4,8-9H,5H2,1H3,(H,14,15)(H,16,17)/t8-,9+/m1/s1. The average molecular weight is 254 g/mol. The molecule has 1 amide bonds. The van der Waals surface area contributed by atoms with Crippen molar-refractivity contribution in [2.45, 2.75) is 13.3 Å². The number of hydrogen-bond acceptors (Lipinski definition) is 2. The van der Waals surface area contributed by atoms with Crippen LogP contribution in [0.2, 0.25) is 5.02 Å². The van der Waals surface area contributed by atoms with Crippen molar-refractivity contribution < 1.29 is 14.7 Å². The van der Waals surface area contributed by atoms with Crippen molar-refractivity contribution in [3.63, 3.8) is 0 Å². The third-order valence-corrected chi connectivity index (χ3v) is 3.29. The Kier molecular flexibility index (Phi) is 3.07. The third-order valence-electron chi connectivity index (χ3n) is 2.88. The molecule has 5 heteroatoms. The number of carbonyl (C=O) groups excluding carboxylic acids is 1. The number of rotatable bonds is 3. The van der Waals surface area contributed by atoms with E-state index in [1.165, 1.54) is 0 Å². The van der Waals surface area contributed by atoms with Crippen LogP contribution in [0.4, 0.5) is 5.69 Å². The topological polar surface area (TPSA) is 66.4 Å². The van der Waals surface area contributed by atoms with Crippen molar-refractivity contribution in [2.75, 3.05) is 5.32 Å². The summed E-state index contributed by atoms with van der Waals surface area (Å²) < 4.78 is 0. The summed E-state index contributed by atoms with van der Waals surface area (Å²) in [6, 6.07) is 5.21. The molecular formula is C12H12ClNO3. The van der Waals surface area contributed by atoms with Crippen LogP contribution in [0.5, 0.6) is 0 Å². The van der Waals surface area contributed by atoms with Crippen LogP contribution >= 0.6 is 11.6 Å². The highest BCUT2D eigenvalue weighted by molar-refractivity contribution is 6.31. The minimum Gasteiger partial charge on any atom is -0.481 e. The van der Waals surface area contributed by atoms with Crippen molar-refractivity contribution in [1.29, 1.82) is 0 Å². The Morgan fingerprint density at radius 1 is 1.41 bits per heavy atom. The van der Waals surface area contributed by atoms with Crippen molar-refractivity contribution in [1.82, 2.24) is 0 Å². The number of halogens is 1. The van der Waals surface area contributed by atoms with E-state index in [2.05, 4.69) is 5.32 Å². The van der Waals surface area contributed by atoms with Crippen LogP contribution < -0.4 is 5.32 Å². The van der Waals surface area contributed by atoms with Gasteiger partial charge in [0, 0.05) is 10.7 Å². The lowest BCUT2D eigenvalue weighted by molar-refractivity contribution is -0.139. The molecule has 1 aliphatic carbocycles.